The highest BCUT2D eigenvalue weighted by atomic mass is 16.7. The van der Waals surface area contributed by atoms with Crippen LogP contribution in [0.25, 0.3) is 0 Å². The molecule has 2 aromatic carbocycles. The highest BCUT2D eigenvalue weighted by Gasteiger charge is 2.16. The van der Waals surface area contributed by atoms with Crippen molar-refractivity contribution in [2.45, 2.75) is 6.92 Å². The monoisotopic (exact) mass is 227 g/mol. The van der Waals surface area contributed by atoms with Gasteiger partial charge >= 0.3 is 0 Å². The zero-order chi connectivity index (χ0) is 11.7. The fourth-order valence-electron chi connectivity index (χ4n) is 1.82. The van der Waals surface area contributed by atoms with Gasteiger partial charge < -0.3 is 14.8 Å². The Morgan fingerprint density at radius 3 is 2.65 bits per heavy atom. The molecule has 0 spiro atoms. The predicted molar refractivity (Wildman–Crippen MR) is 67.0 cm³/mol. The van der Waals surface area contributed by atoms with Crippen LogP contribution in [0.15, 0.2) is 42.5 Å². The average molecular weight is 227 g/mol. The Labute approximate surface area is 100.0 Å². The lowest BCUT2D eigenvalue weighted by Crippen LogP contribution is -1.95. The minimum Gasteiger partial charge on any atom is -0.454 e. The summed E-state index contributed by atoms with van der Waals surface area (Å²) < 4.78 is 10.8. The van der Waals surface area contributed by atoms with E-state index in [1.165, 1.54) is 5.56 Å². The highest BCUT2D eigenvalue weighted by Crippen LogP contribution is 2.39. The number of fused-ring (bicyclic) bond motifs is 1. The molecule has 0 fully saturated rings. The van der Waals surface area contributed by atoms with Gasteiger partial charge in [0, 0.05) is 5.69 Å². The largest absolute Gasteiger partial charge is 0.454 e. The maximum absolute atomic E-state index is 5.44. The van der Waals surface area contributed by atoms with E-state index in [1.807, 2.05) is 30.3 Å². The third kappa shape index (κ3) is 1.91. The quantitative estimate of drug-likeness (QED) is 0.852. The number of aryl methyl sites for hydroxylation is 1. The summed E-state index contributed by atoms with van der Waals surface area (Å²) in [6.45, 7) is 2.36. The van der Waals surface area contributed by atoms with Crippen molar-refractivity contribution >= 4 is 11.4 Å². The molecular weight excluding hydrogens is 214 g/mol. The molecule has 0 aromatic heterocycles. The molecule has 0 unspecified atom stereocenters. The van der Waals surface area contributed by atoms with Gasteiger partial charge in [0.25, 0.3) is 0 Å². The third-order valence-corrected chi connectivity index (χ3v) is 2.73. The van der Waals surface area contributed by atoms with E-state index in [0.29, 0.717) is 6.79 Å². The van der Waals surface area contributed by atoms with E-state index in [4.69, 9.17) is 9.47 Å². The van der Waals surface area contributed by atoms with Gasteiger partial charge in [-0.05, 0) is 31.2 Å². The molecule has 1 aliphatic heterocycles. The van der Waals surface area contributed by atoms with E-state index in [-0.39, 0.29) is 0 Å². The van der Waals surface area contributed by atoms with Crippen molar-refractivity contribution in [3.8, 4) is 11.5 Å². The summed E-state index contributed by atoms with van der Waals surface area (Å²) in [6.07, 6.45) is 0. The van der Waals surface area contributed by atoms with E-state index in [9.17, 15) is 0 Å². The summed E-state index contributed by atoms with van der Waals surface area (Å²) >= 11 is 0. The van der Waals surface area contributed by atoms with Gasteiger partial charge in [-0.25, -0.2) is 0 Å². The zero-order valence-corrected chi connectivity index (χ0v) is 9.57. The Hall–Kier alpha value is -2.16. The van der Waals surface area contributed by atoms with E-state index in [1.54, 1.807) is 0 Å². The van der Waals surface area contributed by atoms with Crippen molar-refractivity contribution in [1.82, 2.24) is 0 Å². The van der Waals surface area contributed by atoms with Crippen LogP contribution in [-0.4, -0.2) is 6.79 Å². The normalized spacial score (nSPS) is 12.5. The molecule has 86 valence electrons. The highest BCUT2D eigenvalue weighted by molar-refractivity contribution is 5.70. The molecule has 1 heterocycles. The summed E-state index contributed by atoms with van der Waals surface area (Å²) in [6, 6.07) is 14.1. The lowest BCUT2D eigenvalue weighted by molar-refractivity contribution is 0.174. The maximum atomic E-state index is 5.44. The van der Waals surface area contributed by atoms with Crippen LogP contribution in [0.5, 0.6) is 11.5 Å². The zero-order valence-electron chi connectivity index (χ0n) is 9.57. The molecule has 0 amide bonds. The van der Waals surface area contributed by atoms with Crippen LogP contribution in [0.2, 0.25) is 0 Å². The second-order valence-corrected chi connectivity index (χ2v) is 4.03. The number of rotatable bonds is 2. The first-order valence-electron chi connectivity index (χ1n) is 5.55. The Morgan fingerprint density at radius 1 is 1.00 bits per heavy atom. The van der Waals surface area contributed by atoms with Crippen molar-refractivity contribution in [3.05, 3.63) is 48.0 Å². The minimum absolute atomic E-state index is 0.294. The number of benzene rings is 2. The predicted octanol–water partition coefficient (Wildman–Crippen LogP) is 3.47. The molecule has 2 aromatic rings. The molecule has 1 aliphatic rings. The second-order valence-electron chi connectivity index (χ2n) is 4.03. The van der Waals surface area contributed by atoms with E-state index in [0.717, 1.165) is 22.9 Å². The van der Waals surface area contributed by atoms with Crippen molar-refractivity contribution in [3.63, 3.8) is 0 Å². The first-order valence-corrected chi connectivity index (χ1v) is 5.55. The molecule has 0 atom stereocenters. The maximum Gasteiger partial charge on any atom is 0.231 e. The standard InChI is InChI=1S/C14H13NO2/c1-10-5-7-11(8-6-10)15-12-3-2-4-13-14(12)17-9-16-13/h2-8,15H,9H2,1H3. The number of hydrogen-bond donors (Lipinski definition) is 1. The lowest BCUT2D eigenvalue weighted by Gasteiger charge is -2.09. The molecule has 1 N–H and O–H groups in total. The molecular formula is C14H13NO2. The summed E-state index contributed by atoms with van der Waals surface area (Å²) in [4.78, 5) is 0. The van der Waals surface area contributed by atoms with Crippen LogP contribution in [0, 0.1) is 6.92 Å². The molecule has 0 radical (unpaired) electrons. The van der Waals surface area contributed by atoms with Gasteiger partial charge in [0.05, 0.1) is 5.69 Å². The van der Waals surface area contributed by atoms with Gasteiger partial charge in [-0.15, -0.1) is 0 Å². The molecule has 17 heavy (non-hydrogen) atoms. The Bertz CT molecular complexity index is 534. The summed E-state index contributed by atoms with van der Waals surface area (Å²) in [5, 5.41) is 3.33. The fraction of sp³-hybridized carbons (Fsp3) is 0.143. The van der Waals surface area contributed by atoms with Crippen LogP contribution in [0.1, 0.15) is 5.56 Å². The summed E-state index contributed by atoms with van der Waals surface area (Å²) in [5.41, 5.74) is 3.22. The first kappa shape index (κ1) is 10.0. The Kier molecular flexibility index (Phi) is 2.37. The smallest absolute Gasteiger partial charge is 0.231 e. The van der Waals surface area contributed by atoms with Crippen molar-refractivity contribution in [1.29, 1.82) is 0 Å². The van der Waals surface area contributed by atoms with Gasteiger partial charge in [-0.2, -0.15) is 0 Å². The third-order valence-electron chi connectivity index (χ3n) is 2.73. The number of para-hydroxylation sites is 1. The number of hydrogen-bond acceptors (Lipinski definition) is 3. The van der Waals surface area contributed by atoms with Gasteiger partial charge in [-0.3, -0.25) is 0 Å². The SMILES string of the molecule is Cc1ccc(Nc2cccc3c2OCO3)cc1. The summed E-state index contributed by atoms with van der Waals surface area (Å²) in [5.74, 6) is 1.58. The molecule has 3 heteroatoms. The van der Waals surface area contributed by atoms with E-state index in [2.05, 4.69) is 24.4 Å². The van der Waals surface area contributed by atoms with E-state index < -0.39 is 0 Å². The van der Waals surface area contributed by atoms with Gasteiger partial charge in [0.1, 0.15) is 0 Å². The van der Waals surface area contributed by atoms with E-state index >= 15 is 0 Å². The molecule has 0 aliphatic carbocycles. The van der Waals surface area contributed by atoms with Gasteiger partial charge in [0.15, 0.2) is 11.5 Å². The van der Waals surface area contributed by atoms with Crippen LogP contribution in [0.4, 0.5) is 11.4 Å². The number of anilines is 2. The van der Waals surface area contributed by atoms with Crippen molar-refractivity contribution < 1.29 is 9.47 Å². The van der Waals surface area contributed by atoms with Crippen molar-refractivity contribution in [2.24, 2.45) is 0 Å². The first-order chi connectivity index (χ1) is 8.33. The Morgan fingerprint density at radius 2 is 1.82 bits per heavy atom. The molecule has 3 rings (SSSR count). The average Bonchev–Trinajstić information content (AvgIpc) is 2.81. The van der Waals surface area contributed by atoms with Crippen LogP contribution >= 0.6 is 0 Å². The molecule has 3 nitrogen and oxygen atoms in total. The summed E-state index contributed by atoms with van der Waals surface area (Å²) in [7, 11) is 0. The topological polar surface area (TPSA) is 30.5 Å². The van der Waals surface area contributed by atoms with Gasteiger partial charge in [0.2, 0.25) is 6.79 Å². The molecule has 0 bridgehead atoms. The van der Waals surface area contributed by atoms with Crippen LogP contribution in [-0.2, 0) is 0 Å². The van der Waals surface area contributed by atoms with Crippen LogP contribution < -0.4 is 14.8 Å². The second kappa shape index (κ2) is 4.01. The van der Waals surface area contributed by atoms with Crippen molar-refractivity contribution in [2.75, 3.05) is 12.1 Å². The van der Waals surface area contributed by atoms with Gasteiger partial charge in [-0.1, -0.05) is 23.8 Å². The molecule has 0 saturated heterocycles. The molecule has 0 saturated carbocycles. The minimum atomic E-state index is 0.294. The fourth-order valence-corrected chi connectivity index (χ4v) is 1.82. The lowest BCUT2D eigenvalue weighted by atomic mass is 10.2. The number of nitrogens with one attached hydrogen (secondary N) is 1. The number of ether oxygens (including phenoxy) is 2. The Balaban J connectivity index is 1.91. The van der Waals surface area contributed by atoms with Crippen LogP contribution in [0.3, 0.4) is 0 Å².